The second-order valence-corrected chi connectivity index (χ2v) is 5.78. The van der Waals surface area contributed by atoms with E-state index in [1.165, 1.54) is 18.2 Å². The topological polar surface area (TPSA) is 69.3 Å². The fraction of sp³-hybridized carbons (Fsp3) is 0.222. The summed E-state index contributed by atoms with van der Waals surface area (Å²) in [5.41, 5.74) is 2.31. The van der Waals surface area contributed by atoms with Crippen molar-refractivity contribution in [3.63, 3.8) is 0 Å². The monoisotopic (exact) mass is 361 g/mol. The first-order valence-corrected chi connectivity index (χ1v) is 7.84. The number of anilines is 1. The lowest BCUT2D eigenvalue weighted by Crippen LogP contribution is -2.13. The number of nitrogens with zero attached hydrogens (tertiary/aromatic N) is 2. The number of carbonyl (C=O) groups excluding carboxylic acids is 1. The Bertz CT molecular complexity index is 947. The Morgan fingerprint density at radius 3 is 2.65 bits per heavy atom. The van der Waals surface area contributed by atoms with E-state index in [1.807, 2.05) is 11.5 Å². The molecule has 0 spiro atoms. The standard InChI is InChI=1S/C18H17F2N3O3/c1-10-7-15(12(3)23(10)16-8-11(2)26-22-16)17(24)21-13-5-4-6-14(9-13)25-18(19)20/h4-9,18H,1-3H3,(H,21,24). The average Bonchev–Trinajstić information content (AvgIpc) is 3.10. The molecule has 8 heteroatoms. The molecule has 0 fully saturated rings. The third-order valence-electron chi connectivity index (χ3n) is 3.84. The highest BCUT2D eigenvalue weighted by molar-refractivity contribution is 6.05. The molecule has 0 aliphatic rings. The third kappa shape index (κ3) is 3.58. The largest absolute Gasteiger partial charge is 0.435 e. The predicted molar refractivity (Wildman–Crippen MR) is 91.1 cm³/mol. The summed E-state index contributed by atoms with van der Waals surface area (Å²) in [6.07, 6.45) is 0. The number of alkyl halides is 2. The third-order valence-corrected chi connectivity index (χ3v) is 3.84. The van der Waals surface area contributed by atoms with Gasteiger partial charge in [0.25, 0.3) is 5.91 Å². The summed E-state index contributed by atoms with van der Waals surface area (Å²) in [5.74, 6) is 0.860. The molecular weight excluding hydrogens is 344 g/mol. The zero-order valence-electron chi connectivity index (χ0n) is 14.4. The fourth-order valence-corrected chi connectivity index (χ4v) is 2.75. The number of carbonyl (C=O) groups is 1. The summed E-state index contributed by atoms with van der Waals surface area (Å²) in [6, 6.07) is 9.34. The van der Waals surface area contributed by atoms with Crippen molar-refractivity contribution in [2.45, 2.75) is 27.4 Å². The first kappa shape index (κ1) is 17.7. The van der Waals surface area contributed by atoms with Gasteiger partial charge in [-0.25, -0.2) is 0 Å². The molecule has 0 saturated carbocycles. The number of halogens is 2. The van der Waals surface area contributed by atoms with Gasteiger partial charge < -0.3 is 14.6 Å². The van der Waals surface area contributed by atoms with E-state index in [1.54, 1.807) is 32.0 Å². The van der Waals surface area contributed by atoms with Gasteiger partial charge in [-0.05, 0) is 39.0 Å². The van der Waals surface area contributed by atoms with Crippen LogP contribution in [0.15, 0.2) is 40.9 Å². The molecule has 1 aromatic carbocycles. The van der Waals surface area contributed by atoms with Crippen molar-refractivity contribution in [1.29, 1.82) is 0 Å². The van der Waals surface area contributed by atoms with Gasteiger partial charge in [0, 0.05) is 29.2 Å². The molecule has 1 N–H and O–H groups in total. The number of nitrogens with one attached hydrogen (secondary N) is 1. The minimum atomic E-state index is -2.93. The highest BCUT2D eigenvalue weighted by Gasteiger charge is 2.18. The summed E-state index contributed by atoms with van der Waals surface area (Å²) in [5, 5.41) is 6.66. The van der Waals surface area contributed by atoms with Crippen LogP contribution in [0.5, 0.6) is 5.75 Å². The number of amides is 1. The molecule has 3 aromatic rings. The summed E-state index contributed by atoms with van der Waals surface area (Å²) in [7, 11) is 0. The SMILES string of the molecule is Cc1cc(-n2c(C)cc(C(=O)Nc3cccc(OC(F)F)c3)c2C)no1. The number of ether oxygens (including phenoxy) is 1. The van der Waals surface area contributed by atoms with Crippen LogP contribution in [0, 0.1) is 20.8 Å². The highest BCUT2D eigenvalue weighted by atomic mass is 19.3. The maximum atomic E-state index is 12.6. The second-order valence-electron chi connectivity index (χ2n) is 5.78. The molecule has 0 saturated heterocycles. The molecule has 0 radical (unpaired) electrons. The van der Waals surface area contributed by atoms with Crippen molar-refractivity contribution < 1.29 is 22.8 Å². The Labute approximate surface area is 148 Å². The minimum Gasteiger partial charge on any atom is -0.435 e. The summed E-state index contributed by atoms with van der Waals surface area (Å²) >= 11 is 0. The van der Waals surface area contributed by atoms with Crippen molar-refractivity contribution in [3.05, 3.63) is 59.1 Å². The van der Waals surface area contributed by atoms with E-state index < -0.39 is 6.61 Å². The van der Waals surface area contributed by atoms with Crippen molar-refractivity contribution >= 4 is 11.6 Å². The summed E-state index contributed by atoms with van der Waals surface area (Å²) in [4.78, 5) is 12.6. The van der Waals surface area contributed by atoms with E-state index >= 15 is 0 Å². The van der Waals surface area contributed by atoms with Crippen molar-refractivity contribution in [2.24, 2.45) is 0 Å². The Balaban J connectivity index is 1.85. The first-order chi connectivity index (χ1) is 12.3. The van der Waals surface area contributed by atoms with E-state index in [9.17, 15) is 13.6 Å². The number of aromatic nitrogens is 2. The zero-order valence-corrected chi connectivity index (χ0v) is 14.4. The van der Waals surface area contributed by atoms with Gasteiger partial charge in [0.1, 0.15) is 11.5 Å². The number of rotatable bonds is 5. The maximum absolute atomic E-state index is 12.6. The minimum absolute atomic E-state index is 0.0265. The van der Waals surface area contributed by atoms with Gasteiger partial charge in [-0.2, -0.15) is 8.78 Å². The molecule has 0 aliphatic heterocycles. The van der Waals surface area contributed by atoms with E-state index in [4.69, 9.17) is 4.52 Å². The van der Waals surface area contributed by atoms with Gasteiger partial charge in [-0.3, -0.25) is 9.36 Å². The second kappa shape index (κ2) is 6.99. The average molecular weight is 361 g/mol. The zero-order chi connectivity index (χ0) is 18.8. The lowest BCUT2D eigenvalue weighted by atomic mass is 10.2. The van der Waals surface area contributed by atoms with Gasteiger partial charge in [-0.15, -0.1) is 0 Å². The van der Waals surface area contributed by atoms with Crippen LogP contribution in [0.1, 0.15) is 27.5 Å². The van der Waals surface area contributed by atoms with Crippen LogP contribution in [0.25, 0.3) is 5.82 Å². The Morgan fingerprint density at radius 2 is 2.00 bits per heavy atom. The first-order valence-electron chi connectivity index (χ1n) is 7.84. The molecule has 0 unspecified atom stereocenters. The highest BCUT2D eigenvalue weighted by Crippen LogP contribution is 2.23. The maximum Gasteiger partial charge on any atom is 0.387 e. The van der Waals surface area contributed by atoms with Gasteiger partial charge in [-0.1, -0.05) is 11.2 Å². The Hall–Kier alpha value is -3.16. The Morgan fingerprint density at radius 1 is 1.23 bits per heavy atom. The van der Waals surface area contributed by atoms with E-state index in [0.717, 1.165) is 5.69 Å². The normalized spacial score (nSPS) is 11.0. The quantitative estimate of drug-likeness (QED) is 0.738. The van der Waals surface area contributed by atoms with E-state index in [0.29, 0.717) is 28.5 Å². The molecule has 0 atom stereocenters. The lowest BCUT2D eigenvalue weighted by molar-refractivity contribution is -0.0497. The lowest BCUT2D eigenvalue weighted by Gasteiger charge is -2.09. The van der Waals surface area contributed by atoms with E-state index in [2.05, 4.69) is 15.2 Å². The van der Waals surface area contributed by atoms with Crippen LogP contribution < -0.4 is 10.1 Å². The number of aryl methyl sites for hydroxylation is 2. The molecule has 26 heavy (non-hydrogen) atoms. The summed E-state index contributed by atoms with van der Waals surface area (Å²) < 4.78 is 35.9. The molecule has 1 amide bonds. The van der Waals surface area contributed by atoms with Crippen molar-refractivity contribution in [2.75, 3.05) is 5.32 Å². The van der Waals surface area contributed by atoms with Gasteiger partial charge >= 0.3 is 6.61 Å². The number of hydrogen-bond acceptors (Lipinski definition) is 4. The van der Waals surface area contributed by atoms with Gasteiger partial charge in [0.2, 0.25) is 0 Å². The molecule has 2 heterocycles. The smallest absolute Gasteiger partial charge is 0.387 e. The summed E-state index contributed by atoms with van der Waals surface area (Å²) in [6.45, 7) is 2.51. The molecule has 2 aromatic heterocycles. The van der Waals surface area contributed by atoms with Crippen molar-refractivity contribution in [1.82, 2.24) is 9.72 Å². The molecule has 136 valence electrons. The fourth-order valence-electron chi connectivity index (χ4n) is 2.75. The Kier molecular flexibility index (Phi) is 4.75. The van der Waals surface area contributed by atoms with E-state index in [-0.39, 0.29) is 11.7 Å². The van der Waals surface area contributed by atoms with Crippen LogP contribution in [0.2, 0.25) is 0 Å². The molecule has 0 bridgehead atoms. The van der Waals surface area contributed by atoms with Crippen LogP contribution >= 0.6 is 0 Å². The van der Waals surface area contributed by atoms with Crippen LogP contribution in [0.3, 0.4) is 0 Å². The number of benzene rings is 1. The molecular formula is C18H17F2N3O3. The molecule has 6 nitrogen and oxygen atoms in total. The van der Waals surface area contributed by atoms with Crippen molar-refractivity contribution in [3.8, 4) is 11.6 Å². The molecule has 0 aliphatic carbocycles. The van der Waals surface area contributed by atoms with Crippen LogP contribution in [0.4, 0.5) is 14.5 Å². The van der Waals surface area contributed by atoms with Crippen LogP contribution in [-0.4, -0.2) is 22.2 Å². The van der Waals surface area contributed by atoms with Crippen LogP contribution in [-0.2, 0) is 0 Å². The molecule has 3 rings (SSSR count). The number of hydrogen-bond donors (Lipinski definition) is 1. The van der Waals surface area contributed by atoms with Gasteiger partial charge in [0.15, 0.2) is 5.82 Å². The predicted octanol–water partition coefficient (Wildman–Crippen LogP) is 4.24. The van der Waals surface area contributed by atoms with Gasteiger partial charge in [0.05, 0.1) is 5.56 Å².